The van der Waals surface area contributed by atoms with E-state index in [4.69, 9.17) is 11.6 Å². The first kappa shape index (κ1) is 9.93. The van der Waals surface area contributed by atoms with E-state index in [2.05, 4.69) is 10.3 Å². The molecule has 4 heteroatoms. The molecule has 0 saturated heterocycles. The van der Waals surface area contributed by atoms with Gasteiger partial charge in [0.1, 0.15) is 0 Å². The molecule has 0 radical (unpaired) electrons. The number of rotatable bonds is 2. The third-order valence-electron chi connectivity index (χ3n) is 2.01. The van der Waals surface area contributed by atoms with Gasteiger partial charge in [0.2, 0.25) is 0 Å². The van der Waals surface area contributed by atoms with Gasteiger partial charge in [0.15, 0.2) is 0 Å². The number of halogens is 1. The number of nitrogens with zero attached hydrogens (tertiary/aromatic N) is 3. The van der Waals surface area contributed by atoms with Crippen molar-refractivity contribution in [3.05, 3.63) is 47.3 Å². The Morgan fingerprint density at radius 1 is 1.40 bits per heavy atom. The topological polar surface area (TPSA) is 30.7 Å². The molecule has 0 aliphatic rings. The fourth-order valence-corrected chi connectivity index (χ4v) is 1.56. The van der Waals surface area contributed by atoms with Crippen molar-refractivity contribution in [2.45, 2.75) is 6.92 Å². The Kier molecular flexibility index (Phi) is 2.83. The van der Waals surface area contributed by atoms with Gasteiger partial charge < -0.3 is 0 Å². The molecule has 0 unspecified atom stereocenters. The van der Waals surface area contributed by atoms with Crippen molar-refractivity contribution in [3.8, 4) is 5.69 Å². The number of hydrogen-bond donors (Lipinski definition) is 0. The smallest absolute Gasteiger partial charge is 0.0736 e. The molecule has 0 amide bonds. The summed E-state index contributed by atoms with van der Waals surface area (Å²) < 4.78 is 1.71. The van der Waals surface area contributed by atoms with E-state index >= 15 is 0 Å². The van der Waals surface area contributed by atoms with Crippen LogP contribution in [0.4, 0.5) is 0 Å². The normalized spacial score (nSPS) is 11.1. The molecule has 0 aliphatic carbocycles. The fourth-order valence-electron chi connectivity index (χ4n) is 1.38. The van der Waals surface area contributed by atoms with E-state index in [1.54, 1.807) is 17.1 Å². The van der Waals surface area contributed by atoms with Crippen molar-refractivity contribution in [1.82, 2.24) is 15.0 Å². The second kappa shape index (κ2) is 4.28. The van der Waals surface area contributed by atoms with Gasteiger partial charge in [0, 0.05) is 10.6 Å². The number of hydrogen-bond acceptors (Lipinski definition) is 2. The third-order valence-corrected chi connectivity index (χ3v) is 2.24. The third kappa shape index (κ3) is 2.07. The van der Waals surface area contributed by atoms with Gasteiger partial charge in [-0.3, -0.25) is 0 Å². The van der Waals surface area contributed by atoms with Gasteiger partial charge in [-0.15, -0.1) is 5.10 Å². The second-order valence-electron chi connectivity index (χ2n) is 3.05. The SMILES string of the molecule is CC=Cc1cc(Cl)ccc1-n1ccnn1. The van der Waals surface area contributed by atoms with Crippen molar-refractivity contribution >= 4 is 17.7 Å². The Balaban J connectivity index is 2.56. The van der Waals surface area contributed by atoms with Crippen molar-refractivity contribution in [3.63, 3.8) is 0 Å². The molecule has 0 fully saturated rings. The van der Waals surface area contributed by atoms with E-state index in [0.717, 1.165) is 11.3 Å². The molecule has 0 N–H and O–H groups in total. The predicted octanol–water partition coefficient (Wildman–Crippen LogP) is 2.95. The van der Waals surface area contributed by atoms with Gasteiger partial charge in [-0.1, -0.05) is 29.0 Å². The maximum Gasteiger partial charge on any atom is 0.0736 e. The summed E-state index contributed by atoms with van der Waals surface area (Å²) in [5, 5.41) is 8.44. The minimum absolute atomic E-state index is 0.715. The highest BCUT2D eigenvalue weighted by Gasteiger charge is 2.03. The zero-order chi connectivity index (χ0) is 10.7. The summed E-state index contributed by atoms with van der Waals surface area (Å²) in [6.07, 6.45) is 7.40. The lowest BCUT2D eigenvalue weighted by Crippen LogP contribution is -1.97. The quantitative estimate of drug-likeness (QED) is 0.778. The highest BCUT2D eigenvalue weighted by Crippen LogP contribution is 2.20. The monoisotopic (exact) mass is 219 g/mol. The highest BCUT2D eigenvalue weighted by molar-refractivity contribution is 6.30. The molecule has 2 aromatic rings. The van der Waals surface area contributed by atoms with Crippen molar-refractivity contribution in [1.29, 1.82) is 0 Å². The van der Waals surface area contributed by atoms with E-state index in [1.165, 1.54) is 0 Å². The zero-order valence-electron chi connectivity index (χ0n) is 8.26. The van der Waals surface area contributed by atoms with Crippen LogP contribution < -0.4 is 0 Å². The number of benzene rings is 1. The summed E-state index contributed by atoms with van der Waals surface area (Å²) >= 11 is 5.93. The lowest BCUT2D eigenvalue weighted by Gasteiger charge is -2.05. The van der Waals surface area contributed by atoms with Gasteiger partial charge in [0.05, 0.1) is 18.1 Å². The Bertz CT molecular complexity index is 475. The van der Waals surface area contributed by atoms with Crippen LogP contribution in [-0.2, 0) is 0 Å². The number of aromatic nitrogens is 3. The van der Waals surface area contributed by atoms with Crippen molar-refractivity contribution in [2.75, 3.05) is 0 Å². The lowest BCUT2D eigenvalue weighted by molar-refractivity contribution is 0.802. The minimum Gasteiger partial charge on any atom is -0.220 e. The fraction of sp³-hybridized carbons (Fsp3) is 0.0909. The van der Waals surface area contributed by atoms with Crippen molar-refractivity contribution in [2.24, 2.45) is 0 Å². The molecule has 0 saturated carbocycles. The van der Waals surface area contributed by atoms with E-state index in [9.17, 15) is 0 Å². The van der Waals surface area contributed by atoms with E-state index in [-0.39, 0.29) is 0 Å². The van der Waals surface area contributed by atoms with Gasteiger partial charge in [-0.2, -0.15) is 0 Å². The summed E-state index contributed by atoms with van der Waals surface area (Å²) in [6.45, 7) is 1.96. The van der Waals surface area contributed by atoms with E-state index in [1.807, 2.05) is 37.3 Å². The van der Waals surface area contributed by atoms with Gasteiger partial charge in [-0.25, -0.2) is 4.68 Å². The van der Waals surface area contributed by atoms with E-state index in [0.29, 0.717) is 5.02 Å². The molecule has 0 bridgehead atoms. The summed E-state index contributed by atoms with van der Waals surface area (Å²) in [7, 11) is 0. The predicted molar refractivity (Wildman–Crippen MR) is 61.1 cm³/mol. The Morgan fingerprint density at radius 2 is 2.27 bits per heavy atom. The van der Waals surface area contributed by atoms with Crippen LogP contribution in [0, 0.1) is 0 Å². The summed E-state index contributed by atoms with van der Waals surface area (Å²) in [4.78, 5) is 0. The van der Waals surface area contributed by atoms with Crippen LogP contribution in [0.25, 0.3) is 11.8 Å². The Labute approximate surface area is 93.0 Å². The second-order valence-corrected chi connectivity index (χ2v) is 3.49. The molecule has 3 nitrogen and oxygen atoms in total. The molecule has 1 aromatic carbocycles. The standard InChI is InChI=1S/C11H10ClN3/c1-2-3-9-8-10(12)4-5-11(9)15-7-6-13-14-15/h2-8H,1H3. The summed E-state index contributed by atoms with van der Waals surface area (Å²) in [5.74, 6) is 0. The molecule has 0 aliphatic heterocycles. The molecular weight excluding hydrogens is 210 g/mol. The first-order valence-electron chi connectivity index (χ1n) is 4.60. The zero-order valence-corrected chi connectivity index (χ0v) is 9.02. The van der Waals surface area contributed by atoms with Crippen LogP contribution in [0.2, 0.25) is 5.02 Å². The van der Waals surface area contributed by atoms with Gasteiger partial charge in [0.25, 0.3) is 0 Å². The molecule has 0 atom stereocenters. The molecule has 0 spiro atoms. The van der Waals surface area contributed by atoms with Gasteiger partial charge >= 0.3 is 0 Å². The van der Waals surface area contributed by atoms with Crippen LogP contribution in [0.1, 0.15) is 12.5 Å². The Morgan fingerprint density at radius 3 is 2.93 bits per heavy atom. The highest BCUT2D eigenvalue weighted by atomic mass is 35.5. The maximum absolute atomic E-state index is 5.93. The van der Waals surface area contributed by atoms with Crippen molar-refractivity contribution < 1.29 is 0 Å². The number of allylic oxidation sites excluding steroid dienone is 1. The van der Waals surface area contributed by atoms with Gasteiger partial charge in [-0.05, 0) is 25.1 Å². The Hall–Kier alpha value is -1.61. The molecule has 76 valence electrons. The van der Waals surface area contributed by atoms with Crippen LogP contribution in [-0.4, -0.2) is 15.0 Å². The first-order valence-corrected chi connectivity index (χ1v) is 4.98. The van der Waals surface area contributed by atoms with Crippen LogP contribution in [0.3, 0.4) is 0 Å². The molecular formula is C11H10ClN3. The molecule has 15 heavy (non-hydrogen) atoms. The summed E-state index contributed by atoms with van der Waals surface area (Å²) in [5.41, 5.74) is 1.99. The largest absolute Gasteiger partial charge is 0.220 e. The summed E-state index contributed by atoms with van der Waals surface area (Å²) in [6, 6.07) is 5.66. The molecule has 2 rings (SSSR count). The average Bonchev–Trinajstić information content (AvgIpc) is 2.71. The maximum atomic E-state index is 5.93. The van der Waals surface area contributed by atoms with Crippen LogP contribution in [0.5, 0.6) is 0 Å². The van der Waals surface area contributed by atoms with Crippen LogP contribution in [0.15, 0.2) is 36.7 Å². The molecule has 1 aromatic heterocycles. The van der Waals surface area contributed by atoms with E-state index < -0.39 is 0 Å². The molecule has 1 heterocycles. The minimum atomic E-state index is 0.715. The average molecular weight is 220 g/mol. The van der Waals surface area contributed by atoms with Crippen LogP contribution >= 0.6 is 11.6 Å². The first-order chi connectivity index (χ1) is 7.31. The lowest BCUT2D eigenvalue weighted by atomic mass is 10.1.